The molecule has 3 aromatic carbocycles. The van der Waals surface area contributed by atoms with Gasteiger partial charge in [0, 0.05) is 18.7 Å². The van der Waals surface area contributed by atoms with Crippen molar-refractivity contribution in [3.8, 4) is 28.7 Å². The summed E-state index contributed by atoms with van der Waals surface area (Å²) in [5.74, 6) is 2.35. The Morgan fingerprint density at radius 2 is 1.29 bits per heavy atom. The quantitative estimate of drug-likeness (QED) is 0.556. The van der Waals surface area contributed by atoms with E-state index in [4.69, 9.17) is 23.7 Å². The first-order valence-electron chi connectivity index (χ1n) is 10.6. The Labute approximate surface area is 195 Å². The molecule has 3 aromatic rings. The van der Waals surface area contributed by atoms with Gasteiger partial charge in [0.2, 0.25) is 13.6 Å². The molecule has 0 bridgehead atoms. The summed E-state index contributed by atoms with van der Waals surface area (Å²) in [5, 5.41) is 5.71. The van der Waals surface area contributed by atoms with Gasteiger partial charge in [-0.15, -0.1) is 0 Å². The molecule has 0 aliphatic carbocycles. The summed E-state index contributed by atoms with van der Waals surface area (Å²) < 4.78 is 26.7. The fourth-order valence-corrected chi connectivity index (χ4v) is 3.69. The number of methoxy groups -OCH3 is 1. The minimum Gasteiger partial charge on any atom is -0.496 e. The molecule has 0 aromatic heterocycles. The van der Waals surface area contributed by atoms with E-state index >= 15 is 0 Å². The molecule has 5 rings (SSSR count). The Morgan fingerprint density at radius 3 is 1.88 bits per heavy atom. The summed E-state index contributed by atoms with van der Waals surface area (Å²) in [4.78, 5) is 25.6. The van der Waals surface area contributed by atoms with E-state index in [2.05, 4.69) is 10.6 Å². The van der Waals surface area contributed by atoms with Gasteiger partial charge in [0.05, 0.1) is 12.7 Å². The summed E-state index contributed by atoms with van der Waals surface area (Å²) in [5.41, 5.74) is 2.33. The zero-order chi connectivity index (χ0) is 23.5. The van der Waals surface area contributed by atoms with Crippen LogP contribution in [-0.2, 0) is 13.1 Å². The Bertz CT molecular complexity index is 1260. The molecule has 0 saturated carbocycles. The predicted octanol–water partition coefficient (Wildman–Crippen LogP) is 3.01. The maximum Gasteiger partial charge on any atom is 0.255 e. The lowest BCUT2D eigenvalue weighted by Gasteiger charge is -2.12. The third-order valence-corrected chi connectivity index (χ3v) is 5.49. The highest BCUT2D eigenvalue weighted by Crippen LogP contribution is 2.33. The van der Waals surface area contributed by atoms with E-state index in [1.165, 1.54) is 13.2 Å². The molecule has 0 atom stereocenters. The highest BCUT2D eigenvalue weighted by molar-refractivity contribution is 6.01. The van der Waals surface area contributed by atoms with Crippen LogP contribution in [0.5, 0.6) is 28.7 Å². The number of benzene rings is 3. The third kappa shape index (κ3) is 4.40. The van der Waals surface area contributed by atoms with Crippen LogP contribution in [-0.4, -0.2) is 32.5 Å². The van der Waals surface area contributed by atoms with Gasteiger partial charge in [-0.05, 0) is 53.6 Å². The number of rotatable bonds is 7. The zero-order valence-corrected chi connectivity index (χ0v) is 18.4. The monoisotopic (exact) mass is 462 g/mol. The van der Waals surface area contributed by atoms with Crippen molar-refractivity contribution in [2.24, 2.45) is 0 Å². The van der Waals surface area contributed by atoms with Gasteiger partial charge >= 0.3 is 0 Å². The van der Waals surface area contributed by atoms with Gasteiger partial charge in [-0.3, -0.25) is 9.59 Å². The highest BCUT2D eigenvalue weighted by Gasteiger charge is 2.18. The molecule has 9 heteroatoms. The second-order valence-electron chi connectivity index (χ2n) is 7.66. The molecule has 174 valence electrons. The summed E-state index contributed by atoms with van der Waals surface area (Å²) in [7, 11) is 1.48. The van der Waals surface area contributed by atoms with Gasteiger partial charge in [-0.2, -0.15) is 0 Å². The molecule has 34 heavy (non-hydrogen) atoms. The van der Waals surface area contributed by atoms with Gasteiger partial charge in [0.25, 0.3) is 11.8 Å². The molecule has 2 N–H and O–H groups in total. The summed E-state index contributed by atoms with van der Waals surface area (Å²) in [6, 6.07) is 15.7. The maximum atomic E-state index is 12.9. The van der Waals surface area contributed by atoms with E-state index in [-0.39, 0.29) is 37.5 Å². The summed E-state index contributed by atoms with van der Waals surface area (Å²) in [6.45, 7) is 0.953. The molecule has 2 amide bonds. The maximum absolute atomic E-state index is 12.9. The van der Waals surface area contributed by atoms with Crippen LogP contribution in [0.4, 0.5) is 0 Å². The molecule has 2 aliphatic rings. The third-order valence-electron chi connectivity index (χ3n) is 5.49. The number of hydrogen-bond donors (Lipinski definition) is 2. The Kier molecular flexibility index (Phi) is 5.82. The lowest BCUT2D eigenvalue weighted by Crippen LogP contribution is -2.26. The smallest absolute Gasteiger partial charge is 0.255 e. The number of fused-ring (bicyclic) bond motifs is 2. The van der Waals surface area contributed by atoms with Crippen LogP contribution in [0.15, 0.2) is 54.6 Å². The van der Waals surface area contributed by atoms with Crippen molar-refractivity contribution in [2.75, 3.05) is 20.7 Å². The highest BCUT2D eigenvalue weighted by atomic mass is 16.7. The van der Waals surface area contributed by atoms with Gasteiger partial charge in [0.1, 0.15) is 5.75 Å². The number of hydrogen-bond acceptors (Lipinski definition) is 7. The molecule has 0 fully saturated rings. The topological polar surface area (TPSA) is 104 Å². The summed E-state index contributed by atoms with van der Waals surface area (Å²) in [6.07, 6.45) is 0. The average molecular weight is 462 g/mol. The number of ether oxygens (including phenoxy) is 5. The van der Waals surface area contributed by atoms with Crippen molar-refractivity contribution in [1.82, 2.24) is 10.6 Å². The second kappa shape index (κ2) is 9.22. The molecule has 0 radical (unpaired) electrons. The number of carbonyl (C=O) groups is 2. The van der Waals surface area contributed by atoms with E-state index < -0.39 is 0 Å². The van der Waals surface area contributed by atoms with E-state index in [0.717, 1.165) is 11.1 Å². The van der Waals surface area contributed by atoms with Crippen LogP contribution in [0.2, 0.25) is 0 Å². The normalized spacial score (nSPS) is 12.9. The van der Waals surface area contributed by atoms with Crippen LogP contribution in [0, 0.1) is 0 Å². The second-order valence-corrected chi connectivity index (χ2v) is 7.66. The summed E-state index contributed by atoms with van der Waals surface area (Å²) >= 11 is 0. The van der Waals surface area contributed by atoms with Crippen LogP contribution in [0.25, 0.3) is 0 Å². The minimum absolute atomic E-state index is 0.186. The van der Waals surface area contributed by atoms with E-state index in [1.807, 2.05) is 24.3 Å². The molecular weight excluding hydrogens is 440 g/mol. The average Bonchev–Trinajstić information content (AvgIpc) is 3.54. The SMILES string of the molecule is COc1ccc(C(=O)NCc2ccc3c(c2)OCO3)cc1C(=O)NCc1ccc2c(c1)OCO2. The van der Waals surface area contributed by atoms with Gasteiger partial charge in [-0.1, -0.05) is 12.1 Å². The van der Waals surface area contributed by atoms with Crippen LogP contribution >= 0.6 is 0 Å². The van der Waals surface area contributed by atoms with Crippen molar-refractivity contribution in [3.05, 3.63) is 76.9 Å². The van der Waals surface area contributed by atoms with Crippen LogP contribution < -0.4 is 34.3 Å². The van der Waals surface area contributed by atoms with Crippen molar-refractivity contribution in [2.45, 2.75) is 13.1 Å². The first kappa shape index (κ1) is 21.4. The fourth-order valence-electron chi connectivity index (χ4n) is 3.69. The van der Waals surface area contributed by atoms with Crippen molar-refractivity contribution >= 4 is 11.8 Å². The van der Waals surface area contributed by atoms with Gasteiger partial charge in [-0.25, -0.2) is 0 Å². The number of carbonyl (C=O) groups excluding carboxylic acids is 2. The van der Waals surface area contributed by atoms with Crippen LogP contribution in [0.3, 0.4) is 0 Å². The molecule has 0 spiro atoms. The Morgan fingerprint density at radius 1 is 0.735 bits per heavy atom. The van der Waals surface area contributed by atoms with Crippen molar-refractivity contribution in [1.29, 1.82) is 0 Å². The van der Waals surface area contributed by atoms with E-state index in [1.54, 1.807) is 24.3 Å². The standard InChI is InChI=1S/C25H22N2O7/c1-30-19-7-4-17(24(28)26-11-15-2-5-20-22(8-15)33-13-31-20)10-18(19)25(29)27-12-16-3-6-21-23(9-16)34-14-32-21/h2-10H,11-14H2,1H3,(H,26,28)(H,27,29). The lowest BCUT2D eigenvalue weighted by atomic mass is 10.1. The number of nitrogens with one attached hydrogen (secondary N) is 2. The molecule has 2 aliphatic heterocycles. The zero-order valence-electron chi connectivity index (χ0n) is 18.4. The largest absolute Gasteiger partial charge is 0.496 e. The molecule has 0 unspecified atom stereocenters. The Hall–Kier alpha value is -4.40. The van der Waals surface area contributed by atoms with E-state index in [0.29, 0.717) is 40.9 Å². The first-order chi connectivity index (χ1) is 16.6. The molecule has 2 heterocycles. The number of amides is 2. The minimum atomic E-state index is -0.361. The molecule has 0 saturated heterocycles. The lowest BCUT2D eigenvalue weighted by molar-refractivity contribution is 0.0947. The first-order valence-corrected chi connectivity index (χ1v) is 10.6. The molecule has 9 nitrogen and oxygen atoms in total. The Balaban J connectivity index is 1.25. The molecular formula is C25H22N2O7. The van der Waals surface area contributed by atoms with Gasteiger partial charge < -0.3 is 34.3 Å². The van der Waals surface area contributed by atoms with Crippen molar-refractivity contribution in [3.63, 3.8) is 0 Å². The van der Waals surface area contributed by atoms with E-state index in [9.17, 15) is 9.59 Å². The fraction of sp³-hybridized carbons (Fsp3) is 0.200. The van der Waals surface area contributed by atoms with Crippen LogP contribution in [0.1, 0.15) is 31.8 Å². The van der Waals surface area contributed by atoms with Gasteiger partial charge in [0.15, 0.2) is 23.0 Å². The van der Waals surface area contributed by atoms with Crippen molar-refractivity contribution < 1.29 is 33.3 Å². The predicted molar refractivity (Wildman–Crippen MR) is 120 cm³/mol.